The van der Waals surface area contributed by atoms with Crippen molar-refractivity contribution >= 4 is 17.5 Å². The summed E-state index contributed by atoms with van der Waals surface area (Å²) < 4.78 is 13.5. The van der Waals surface area contributed by atoms with E-state index in [4.69, 9.17) is 0 Å². The summed E-state index contributed by atoms with van der Waals surface area (Å²) in [4.78, 5) is 31.6. The van der Waals surface area contributed by atoms with Crippen molar-refractivity contribution in [2.45, 2.75) is 19.3 Å². The van der Waals surface area contributed by atoms with E-state index in [1.54, 1.807) is 17.0 Å². The first-order chi connectivity index (χ1) is 14.6. The molecule has 2 aliphatic rings. The van der Waals surface area contributed by atoms with Gasteiger partial charge >= 0.3 is 0 Å². The largest absolute Gasteiger partial charge is 0.368 e. The minimum absolute atomic E-state index is 0.150. The van der Waals surface area contributed by atoms with E-state index >= 15 is 0 Å². The fourth-order valence-corrected chi connectivity index (χ4v) is 4.45. The molecule has 4 rings (SSSR count). The molecule has 0 aromatic heterocycles. The molecule has 0 radical (unpaired) electrons. The first-order valence-corrected chi connectivity index (χ1v) is 10.7. The van der Waals surface area contributed by atoms with Gasteiger partial charge in [0.1, 0.15) is 5.82 Å². The highest BCUT2D eigenvalue weighted by Gasteiger charge is 2.29. The second kappa shape index (κ2) is 9.28. The van der Waals surface area contributed by atoms with Crippen LogP contribution in [0.25, 0.3) is 0 Å². The zero-order valence-corrected chi connectivity index (χ0v) is 17.2. The second-order valence-electron chi connectivity index (χ2n) is 8.18. The van der Waals surface area contributed by atoms with Crippen LogP contribution in [0, 0.1) is 11.7 Å². The van der Waals surface area contributed by atoms with Gasteiger partial charge in [0.25, 0.3) is 5.91 Å². The summed E-state index contributed by atoms with van der Waals surface area (Å²) in [6, 6.07) is 16.1. The van der Waals surface area contributed by atoms with Crippen molar-refractivity contribution in [3.05, 3.63) is 66.0 Å². The molecule has 0 unspecified atom stereocenters. The predicted molar refractivity (Wildman–Crippen MR) is 115 cm³/mol. The van der Waals surface area contributed by atoms with E-state index in [9.17, 15) is 14.0 Å². The van der Waals surface area contributed by atoms with Crippen LogP contribution in [0.2, 0.25) is 0 Å². The lowest BCUT2D eigenvalue weighted by atomic mass is 9.93. The number of nitrogens with zero attached hydrogens (tertiary/aromatic N) is 3. The number of anilines is 1. The summed E-state index contributed by atoms with van der Waals surface area (Å²) in [5.41, 5.74) is 1.57. The zero-order valence-electron chi connectivity index (χ0n) is 17.2. The molecule has 2 amide bonds. The Morgan fingerprint density at radius 1 is 0.900 bits per heavy atom. The van der Waals surface area contributed by atoms with Crippen LogP contribution in [0.5, 0.6) is 0 Å². The number of likely N-dealkylation sites (tertiary alicyclic amines) is 1. The van der Waals surface area contributed by atoms with Gasteiger partial charge in [0, 0.05) is 56.9 Å². The lowest BCUT2D eigenvalue weighted by Gasteiger charge is -2.38. The molecule has 0 aliphatic carbocycles. The van der Waals surface area contributed by atoms with Gasteiger partial charge < -0.3 is 14.7 Å². The van der Waals surface area contributed by atoms with Crippen molar-refractivity contribution in [2.75, 3.05) is 44.2 Å². The maximum absolute atomic E-state index is 13.5. The van der Waals surface area contributed by atoms with Crippen LogP contribution in [0.1, 0.15) is 29.6 Å². The van der Waals surface area contributed by atoms with Crippen molar-refractivity contribution in [1.82, 2.24) is 9.80 Å². The van der Waals surface area contributed by atoms with Crippen molar-refractivity contribution in [1.29, 1.82) is 0 Å². The standard InChI is InChI=1S/C24H28FN3O2/c25-21-8-4-7-20(17-21)24(30)28-11-5-6-19(18-28)16-23(29)27-14-12-26(13-15-27)22-9-2-1-3-10-22/h1-4,7-10,17,19H,5-6,11-16,18H2/t19-/m0/s1. The van der Waals surface area contributed by atoms with Gasteiger partial charge in [-0.1, -0.05) is 24.3 Å². The number of carbonyl (C=O) groups is 2. The number of hydrogen-bond acceptors (Lipinski definition) is 3. The summed E-state index contributed by atoms with van der Waals surface area (Å²) >= 11 is 0. The molecule has 0 saturated carbocycles. The Morgan fingerprint density at radius 2 is 1.67 bits per heavy atom. The average molecular weight is 410 g/mol. The van der Waals surface area contributed by atoms with Gasteiger partial charge in [-0.15, -0.1) is 0 Å². The SMILES string of the molecule is O=C(C[C@@H]1CCCN(C(=O)c2cccc(F)c2)C1)N1CCN(c2ccccc2)CC1. The van der Waals surface area contributed by atoms with Gasteiger partial charge in [0.05, 0.1) is 0 Å². The lowest BCUT2D eigenvalue weighted by Crippen LogP contribution is -2.49. The van der Waals surface area contributed by atoms with Crippen molar-refractivity contribution < 1.29 is 14.0 Å². The van der Waals surface area contributed by atoms with E-state index in [0.717, 1.165) is 39.0 Å². The maximum atomic E-state index is 13.5. The minimum Gasteiger partial charge on any atom is -0.368 e. The number of piperazine rings is 1. The molecule has 2 heterocycles. The average Bonchev–Trinajstić information content (AvgIpc) is 2.79. The first kappa shape index (κ1) is 20.4. The van der Waals surface area contributed by atoms with Gasteiger partial charge in [-0.3, -0.25) is 9.59 Å². The summed E-state index contributed by atoms with van der Waals surface area (Å²) in [6.07, 6.45) is 2.29. The lowest BCUT2D eigenvalue weighted by molar-refractivity contribution is -0.132. The van der Waals surface area contributed by atoms with Crippen molar-refractivity contribution in [3.63, 3.8) is 0 Å². The zero-order chi connectivity index (χ0) is 20.9. The molecular weight excluding hydrogens is 381 g/mol. The molecule has 0 bridgehead atoms. The summed E-state index contributed by atoms with van der Waals surface area (Å²) in [5.74, 6) is -0.217. The van der Waals surface area contributed by atoms with Gasteiger partial charge in [-0.25, -0.2) is 4.39 Å². The van der Waals surface area contributed by atoms with Crippen LogP contribution in [-0.4, -0.2) is 60.9 Å². The highest BCUT2D eigenvalue weighted by Crippen LogP contribution is 2.23. The Morgan fingerprint density at radius 3 is 2.40 bits per heavy atom. The number of rotatable bonds is 4. The van der Waals surface area contributed by atoms with Crippen LogP contribution in [0.3, 0.4) is 0 Å². The number of piperidine rings is 1. The summed E-state index contributed by atoms with van der Waals surface area (Å²) in [6.45, 7) is 4.36. The highest BCUT2D eigenvalue weighted by atomic mass is 19.1. The number of benzene rings is 2. The Balaban J connectivity index is 1.29. The number of para-hydroxylation sites is 1. The van der Waals surface area contributed by atoms with Crippen molar-refractivity contribution in [3.8, 4) is 0 Å². The van der Waals surface area contributed by atoms with E-state index < -0.39 is 5.82 Å². The van der Waals surface area contributed by atoms with Gasteiger partial charge in [0.15, 0.2) is 0 Å². The van der Waals surface area contributed by atoms with E-state index in [0.29, 0.717) is 25.1 Å². The number of amides is 2. The molecular formula is C24H28FN3O2. The fraction of sp³-hybridized carbons (Fsp3) is 0.417. The molecule has 1 atom stereocenters. The van der Waals surface area contributed by atoms with Crippen molar-refractivity contribution in [2.24, 2.45) is 5.92 Å². The maximum Gasteiger partial charge on any atom is 0.253 e. The monoisotopic (exact) mass is 409 g/mol. The normalized spacial score (nSPS) is 19.6. The number of halogens is 1. The third-order valence-electron chi connectivity index (χ3n) is 6.09. The molecule has 30 heavy (non-hydrogen) atoms. The predicted octanol–water partition coefficient (Wildman–Crippen LogP) is 3.42. The molecule has 2 fully saturated rings. The Bertz CT molecular complexity index is 881. The number of carbonyl (C=O) groups excluding carboxylic acids is 2. The van der Waals surface area contributed by atoms with E-state index in [-0.39, 0.29) is 17.7 Å². The van der Waals surface area contributed by atoms with Gasteiger partial charge in [-0.05, 0) is 49.1 Å². The molecule has 2 aliphatic heterocycles. The topological polar surface area (TPSA) is 43.9 Å². The highest BCUT2D eigenvalue weighted by molar-refractivity contribution is 5.94. The van der Waals surface area contributed by atoms with Gasteiger partial charge in [-0.2, -0.15) is 0 Å². The molecule has 2 aromatic carbocycles. The van der Waals surface area contributed by atoms with E-state index in [1.807, 2.05) is 23.1 Å². The molecule has 158 valence electrons. The molecule has 2 aromatic rings. The quantitative estimate of drug-likeness (QED) is 0.777. The second-order valence-corrected chi connectivity index (χ2v) is 8.18. The van der Waals surface area contributed by atoms with Crippen LogP contribution in [0.4, 0.5) is 10.1 Å². The summed E-state index contributed by atoms with van der Waals surface area (Å²) in [7, 11) is 0. The molecule has 0 spiro atoms. The van der Waals surface area contributed by atoms with Crippen LogP contribution < -0.4 is 4.90 Å². The van der Waals surface area contributed by atoms with E-state index in [1.165, 1.54) is 17.8 Å². The molecule has 6 heteroatoms. The number of hydrogen-bond donors (Lipinski definition) is 0. The smallest absolute Gasteiger partial charge is 0.253 e. The van der Waals surface area contributed by atoms with Gasteiger partial charge in [0.2, 0.25) is 5.91 Å². The first-order valence-electron chi connectivity index (χ1n) is 10.7. The molecule has 2 saturated heterocycles. The molecule has 5 nitrogen and oxygen atoms in total. The third kappa shape index (κ3) is 4.81. The minimum atomic E-state index is -0.403. The molecule has 0 N–H and O–H groups in total. The van der Waals surface area contributed by atoms with E-state index in [2.05, 4.69) is 17.0 Å². The van der Waals surface area contributed by atoms with Crippen LogP contribution in [-0.2, 0) is 4.79 Å². The summed E-state index contributed by atoms with van der Waals surface area (Å²) in [5, 5.41) is 0. The Kier molecular flexibility index (Phi) is 6.31. The Hall–Kier alpha value is -2.89. The Labute approximate surface area is 177 Å². The van der Waals surface area contributed by atoms with Crippen LogP contribution in [0.15, 0.2) is 54.6 Å². The fourth-order valence-electron chi connectivity index (χ4n) is 4.45. The third-order valence-corrected chi connectivity index (χ3v) is 6.09. The van der Waals surface area contributed by atoms with Crippen LogP contribution >= 0.6 is 0 Å².